The van der Waals surface area contributed by atoms with Crippen molar-refractivity contribution in [2.45, 2.75) is 31.8 Å². The number of hydrogen-bond acceptors (Lipinski definition) is 4. The summed E-state index contributed by atoms with van der Waals surface area (Å²) in [6.07, 6.45) is 2.07. The molecule has 3 aliphatic rings. The fourth-order valence-corrected chi connectivity index (χ4v) is 6.03. The van der Waals surface area contributed by atoms with Gasteiger partial charge in [0.1, 0.15) is 0 Å². The topological polar surface area (TPSA) is 95.7 Å². The number of piperidine rings is 1. The summed E-state index contributed by atoms with van der Waals surface area (Å²) in [5, 5.41) is 2.97. The first-order chi connectivity index (χ1) is 15.8. The smallest absolute Gasteiger partial charge is 0.322 e. The average Bonchev–Trinajstić information content (AvgIpc) is 3.62. The van der Waals surface area contributed by atoms with Gasteiger partial charge in [-0.15, -0.1) is 0 Å². The number of carbonyl (C=O) groups excluding carboxylic acids is 3. The van der Waals surface area contributed by atoms with E-state index in [0.717, 1.165) is 24.1 Å². The molecule has 0 radical (unpaired) electrons. The highest BCUT2D eigenvalue weighted by Gasteiger charge is 2.50. The van der Waals surface area contributed by atoms with E-state index in [2.05, 4.69) is 37.2 Å². The highest BCUT2D eigenvalue weighted by atomic mass is 79.9. The van der Waals surface area contributed by atoms with Gasteiger partial charge < -0.3 is 20.9 Å². The van der Waals surface area contributed by atoms with Gasteiger partial charge in [-0.1, -0.05) is 18.2 Å². The highest BCUT2D eigenvalue weighted by molar-refractivity contribution is 9.11. The van der Waals surface area contributed by atoms with Crippen molar-refractivity contribution in [3.8, 4) is 0 Å². The van der Waals surface area contributed by atoms with E-state index in [1.807, 2.05) is 34.1 Å². The molecule has 3 N–H and O–H groups in total. The van der Waals surface area contributed by atoms with Crippen LogP contribution in [-0.4, -0.2) is 46.7 Å². The minimum absolute atomic E-state index is 0.0201. The number of likely N-dealkylation sites (tertiary alicyclic amines) is 1. The Labute approximate surface area is 208 Å². The van der Waals surface area contributed by atoms with Crippen LogP contribution in [-0.2, 0) is 11.3 Å². The molecular formula is C24H24Br2N4O3. The van der Waals surface area contributed by atoms with E-state index in [4.69, 9.17) is 5.73 Å². The maximum Gasteiger partial charge on any atom is 0.322 e. The third-order valence-corrected chi connectivity index (χ3v) is 8.20. The Bertz CT molecular complexity index is 1120. The average molecular weight is 576 g/mol. The molecule has 2 fully saturated rings. The minimum Gasteiger partial charge on any atom is -0.397 e. The number of hydrogen-bond donors (Lipinski definition) is 2. The summed E-state index contributed by atoms with van der Waals surface area (Å²) in [5.41, 5.74) is 9.00. The molecule has 33 heavy (non-hydrogen) atoms. The number of carbonyl (C=O) groups is 3. The van der Waals surface area contributed by atoms with Crippen LogP contribution >= 0.6 is 31.9 Å². The van der Waals surface area contributed by atoms with E-state index < -0.39 is 0 Å². The van der Waals surface area contributed by atoms with Gasteiger partial charge in [0.05, 0.1) is 5.69 Å². The van der Waals surface area contributed by atoms with Gasteiger partial charge in [0, 0.05) is 57.7 Å². The van der Waals surface area contributed by atoms with Gasteiger partial charge in [0.15, 0.2) is 5.78 Å². The zero-order valence-corrected chi connectivity index (χ0v) is 21.1. The van der Waals surface area contributed by atoms with Crippen molar-refractivity contribution in [1.29, 1.82) is 0 Å². The Morgan fingerprint density at radius 1 is 1.03 bits per heavy atom. The van der Waals surface area contributed by atoms with Gasteiger partial charge in [-0.05, 0) is 74.9 Å². The van der Waals surface area contributed by atoms with Crippen LogP contribution < -0.4 is 11.1 Å². The van der Waals surface area contributed by atoms with E-state index in [-0.39, 0.29) is 35.6 Å². The zero-order chi connectivity index (χ0) is 23.3. The van der Waals surface area contributed by atoms with Gasteiger partial charge >= 0.3 is 6.03 Å². The van der Waals surface area contributed by atoms with Crippen LogP contribution in [0.2, 0.25) is 0 Å². The molecule has 2 aromatic rings. The summed E-state index contributed by atoms with van der Waals surface area (Å²) in [7, 11) is 0. The standard InChI is InChI=1S/C24H24Br2N4O3/c25-18-9-14(10-19(26)21(18)27)22(31)16-11-17(16)23(32)29-7-5-15(6-8-29)30-12-13-3-1-2-4-20(13)28-24(30)33/h1-4,9-10,15-17H,5-8,11-12,27H2,(H,28,33). The van der Waals surface area contributed by atoms with E-state index in [0.29, 0.717) is 46.3 Å². The number of nitrogens with zero attached hydrogens (tertiary/aromatic N) is 2. The molecule has 9 heteroatoms. The Morgan fingerprint density at radius 2 is 1.70 bits per heavy atom. The molecule has 2 heterocycles. The number of anilines is 2. The molecule has 2 unspecified atom stereocenters. The molecule has 172 valence electrons. The molecule has 1 aliphatic carbocycles. The normalized spacial score (nSPS) is 22.5. The Kier molecular flexibility index (Phi) is 5.95. The number of amides is 3. The van der Waals surface area contributed by atoms with Crippen LogP contribution in [0.25, 0.3) is 0 Å². The fourth-order valence-electron chi connectivity index (χ4n) is 4.85. The number of fused-ring (bicyclic) bond motifs is 1. The first-order valence-electron chi connectivity index (χ1n) is 11.1. The second-order valence-electron chi connectivity index (χ2n) is 8.94. The van der Waals surface area contributed by atoms with Crippen LogP contribution in [0.4, 0.5) is 16.2 Å². The first kappa shape index (κ1) is 22.4. The van der Waals surface area contributed by atoms with Gasteiger partial charge in [-0.3, -0.25) is 9.59 Å². The quantitative estimate of drug-likeness (QED) is 0.410. The maximum atomic E-state index is 13.0. The summed E-state index contributed by atoms with van der Waals surface area (Å²) in [5.74, 6) is -0.501. The predicted octanol–water partition coefficient (Wildman–Crippen LogP) is 4.65. The molecule has 1 saturated heterocycles. The monoisotopic (exact) mass is 574 g/mol. The molecule has 0 spiro atoms. The van der Waals surface area contributed by atoms with Crippen LogP contribution in [0.15, 0.2) is 45.3 Å². The van der Waals surface area contributed by atoms with Crippen molar-refractivity contribution in [2.75, 3.05) is 24.1 Å². The lowest BCUT2D eigenvalue weighted by Gasteiger charge is -2.40. The summed E-state index contributed by atoms with van der Waals surface area (Å²) in [6.45, 7) is 1.79. The third kappa shape index (κ3) is 4.28. The summed E-state index contributed by atoms with van der Waals surface area (Å²) in [4.78, 5) is 42.3. The van der Waals surface area contributed by atoms with Crippen LogP contribution in [0.1, 0.15) is 35.2 Å². The largest absolute Gasteiger partial charge is 0.397 e. The van der Waals surface area contributed by atoms with Crippen LogP contribution in [0.3, 0.4) is 0 Å². The van der Waals surface area contributed by atoms with E-state index >= 15 is 0 Å². The molecule has 5 rings (SSSR count). The summed E-state index contributed by atoms with van der Waals surface area (Å²) >= 11 is 6.76. The third-order valence-electron chi connectivity index (χ3n) is 6.89. The number of Topliss-reactive ketones (excluding diaryl/α,β-unsaturated/α-hetero) is 1. The van der Waals surface area contributed by atoms with Crippen molar-refractivity contribution in [2.24, 2.45) is 11.8 Å². The lowest BCUT2D eigenvalue weighted by molar-refractivity contribution is -0.134. The molecule has 0 bridgehead atoms. The number of nitrogens with two attached hydrogens (primary N) is 1. The molecular weight excluding hydrogens is 552 g/mol. The van der Waals surface area contributed by atoms with E-state index in [9.17, 15) is 14.4 Å². The van der Waals surface area contributed by atoms with E-state index in [1.54, 1.807) is 12.1 Å². The second kappa shape index (κ2) is 8.76. The lowest BCUT2D eigenvalue weighted by atomic mass is 10.00. The van der Waals surface area contributed by atoms with Gasteiger partial charge in [0.25, 0.3) is 0 Å². The van der Waals surface area contributed by atoms with Crippen molar-refractivity contribution < 1.29 is 14.4 Å². The molecule has 2 atom stereocenters. The van der Waals surface area contributed by atoms with Gasteiger partial charge in [0.2, 0.25) is 5.91 Å². The lowest BCUT2D eigenvalue weighted by Crippen LogP contribution is -2.51. The Hall–Kier alpha value is -2.39. The molecule has 0 aromatic heterocycles. The van der Waals surface area contributed by atoms with Crippen molar-refractivity contribution in [3.05, 3.63) is 56.5 Å². The molecule has 7 nitrogen and oxygen atoms in total. The maximum absolute atomic E-state index is 13.0. The highest BCUT2D eigenvalue weighted by Crippen LogP contribution is 2.44. The predicted molar refractivity (Wildman–Crippen MR) is 133 cm³/mol. The van der Waals surface area contributed by atoms with Gasteiger partial charge in [-0.2, -0.15) is 0 Å². The number of ketones is 1. The second-order valence-corrected chi connectivity index (χ2v) is 10.6. The first-order valence-corrected chi connectivity index (χ1v) is 12.6. The molecule has 2 aromatic carbocycles. The van der Waals surface area contributed by atoms with Crippen molar-refractivity contribution >= 4 is 61.0 Å². The molecule has 3 amide bonds. The zero-order valence-electron chi connectivity index (χ0n) is 17.9. The number of urea groups is 1. The molecule has 1 saturated carbocycles. The van der Waals surface area contributed by atoms with Crippen molar-refractivity contribution in [3.63, 3.8) is 0 Å². The van der Waals surface area contributed by atoms with E-state index in [1.165, 1.54) is 0 Å². The fraction of sp³-hybridized carbons (Fsp3) is 0.375. The van der Waals surface area contributed by atoms with Crippen LogP contribution in [0.5, 0.6) is 0 Å². The number of nitrogens with one attached hydrogen (secondary N) is 1. The number of para-hydroxylation sites is 1. The minimum atomic E-state index is -0.276. The van der Waals surface area contributed by atoms with Crippen molar-refractivity contribution in [1.82, 2.24) is 9.80 Å². The van der Waals surface area contributed by atoms with Gasteiger partial charge in [-0.25, -0.2) is 4.79 Å². The van der Waals surface area contributed by atoms with Crippen LogP contribution in [0, 0.1) is 11.8 Å². The number of nitrogen functional groups attached to an aromatic ring is 1. The summed E-state index contributed by atoms with van der Waals surface area (Å²) in [6, 6.07) is 11.3. The number of halogens is 2. The molecule has 2 aliphatic heterocycles. The summed E-state index contributed by atoms with van der Waals surface area (Å²) < 4.78 is 1.32. The number of benzene rings is 2. The SMILES string of the molecule is Nc1c(Br)cc(C(=O)C2CC2C(=O)N2CCC(N3Cc4ccccc4NC3=O)CC2)cc1Br. The Balaban J connectivity index is 1.17. The Morgan fingerprint density at radius 3 is 2.39 bits per heavy atom. The number of rotatable bonds is 4.